The minimum Gasteiger partial charge on any atom is -0.366 e. The summed E-state index contributed by atoms with van der Waals surface area (Å²) < 4.78 is 0. The fourth-order valence-corrected chi connectivity index (χ4v) is 2.24. The lowest BCUT2D eigenvalue weighted by Crippen LogP contribution is -2.11. The van der Waals surface area contributed by atoms with Crippen molar-refractivity contribution >= 4 is 27.8 Å². The van der Waals surface area contributed by atoms with Crippen molar-refractivity contribution in [3.8, 4) is 0 Å². The van der Waals surface area contributed by atoms with E-state index in [4.69, 9.17) is 5.73 Å². The van der Waals surface area contributed by atoms with Crippen molar-refractivity contribution in [3.63, 3.8) is 0 Å². The molecule has 0 aliphatic carbocycles. The first-order valence-corrected chi connectivity index (χ1v) is 5.76. The summed E-state index contributed by atoms with van der Waals surface area (Å²) in [5, 5.41) is 2.01. The molecule has 0 fully saturated rings. The van der Waals surface area contributed by atoms with Gasteiger partial charge in [-0.25, -0.2) is 4.98 Å². The van der Waals surface area contributed by atoms with Gasteiger partial charge in [0.25, 0.3) is 5.91 Å². The first kappa shape index (κ1) is 10.8. The number of aromatic amines is 1. The van der Waals surface area contributed by atoms with Crippen molar-refractivity contribution in [3.05, 3.63) is 41.1 Å². The zero-order valence-electron chi connectivity index (χ0n) is 10.2. The first-order chi connectivity index (χ1) is 8.58. The Labute approximate surface area is 104 Å². The number of nitrogens with zero attached hydrogens (tertiary/aromatic N) is 1. The van der Waals surface area contributed by atoms with E-state index < -0.39 is 5.91 Å². The number of rotatable bonds is 1. The fraction of sp³-hybridized carbons (Fsp3) is 0.143. The maximum Gasteiger partial charge on any atom is 0.250 e. The number of amides is 1. The summed E-state index contributed by atoms with van der Waals surface area (Å²) in [5.41, 5.74) is 9.55. The molecule has 0 saturated carbocycles. The first-order valence-electron chi connectivity index (χ1n) is 5.76. The zero-order chi connectivity index (χ0) is 12.9. The third-order valence-corrected chi connectivity index (χ3v) is 3.33. The van der Waals surface area contributed by atoms with Crippen LogP contribution in [0.4, 0.5) is 0 Å². The fourth-order valence-electron chi connectivity index (χ4n) is 2.24. The lowest BCUT2D eigenvalue weighted by atomic mass is 10.1. The molecule has 2 heterocycles. The smallest absolute Gasteiger partial charge is 0.250 e. The molecule has 4 heteroatoms. The highest BCUT2D eigenvalue weighted by Gasteiger charge is 2.12. The van der Waals surface area contributed by atoms with Crippen LogP contribution in [-0.2, 0) is 0 Å². The van der Waals surface area contributed by atoms with Gasteiger partial charge in [-0.3, -0.25) is 4.79 Å². The number of primary amides is 1. The van der Waals surface area contributed by atoms with Crippen molar-refractivity contribution in [1.82, 2.24) is 9.97 Å². The maximum atomic E-state index is 11.4. The van der Waals surface area contributed by atoms with Gasteiger partial charge in [0, 0.05) is 16.5 Å². The number of pyridine rings is 1. The summed E-state index contributed by atoms with van der Waals surface area (Å²) in [4.78, 5) is 19.1. The minimum absolute atomic E-state index is 0.430. The SMILES string of the molecule is Cc1cc2c(nc1C)[nH]c1c(C(N)=O)cccc12. The number of hydrogen-bond donors (Lipinski definition) is 2. The molecule has 0 aliphatic heterocycles. The third-order valence-electron chi connectivity index (χ3n) is 3.33. The second kappa shape index (κ2) is 3.57. The third kappa shape index (κ3) is 1.39. The van der Waals surface area contributed by atoms with E-state index in [9.17, 15) is 4.79 Å². The molecular weight excluding hydrogens is 226 g/mol. The average molecular weight is 239 g/mol. The Hall–Kier alpha value is -2.36. The van der Waals surface area contributed by atoms with E-state index in [1.807, 2.05) is 26.0 Å². The number of H-pyrrole nitrogens is 1. The van der Waals surface area contributed by atoms with E-state index in [2.05, 4.69) is 16.0 Å². The van der Waals surface area contributed by atoms with Crippen molar-refractivity contribution in [1.29, 1.82) is 0 Å². The van der Waals surface area contributed by atoms with E-state index in [1.54, 1.807) is 6.07 Å². The van der Waals surface area contributed by atoms with Gasteiger partial charge in [0.15, 0.2) is 0 Å². The second-order valence-electron chi connectivity index (χ2n) is 4.50. The number of benzene rings is 1. The Kier molecular flexibility index (Phi) is 2.13. The molecule has 0 bridgehead atoms. The summed E-state index contributed by atoms with van der Waals surface area (Å²) in [6.07, 6.45) is 0. The molecule has 2 aromatic heterocycles. The lowest BCUT2D eigenvalue weighted by molar-refractivity contribution is 0.100. The predicted octanol–water partition coefficient (Wildman–Crippen LogP) is 2.43. The number of aromatic nitrogens is 2. The Bertz CT molecular complexity index is 786. The molecule has 3 rings (SSSR count). The quantitative estimate of drug-likeness (QED) is 0.684. The van der Waals surface area contributed by atoms with Crippen LogP contribution in [0.5, 0.6) is 0 Å². The van der Waals surface area contributed by atoms with Gasteiger partial charge in [-0.1, -0.05) is 12.1 Å². The Morgan fingerprint density at radius 3 is 2.78 bits per heavy atom. The molecular formula is C14H13N3O. The second-order valence-corrected chi connectivity index (χ2v) is 4.50. The van der Waals surface area contributed by atoms with Crippen molar-refractivity contribution in [2.24, 2.45) is 5.73 Å². The van der Waals surface area contributed by atoms with Crippen molar-refractivity contribution in [2.75, 3.05) is 0 Å². The van der Waals surface area contributed by atoms with E-state index in [0.29, 0.717) is 5.56 Å². The number of carbonyl (C=O) groups is 1. The van der Waals surface area contributed by atoms with Gasteiger partial charge in [0.2, 0.25) is 0 Å². The highest BCUT2D eigenvalue weighted by Crippen LogP contribution is 2.27. The number of fused-ring (bicyclic) bond motifs is 3. The largest absolute Gasteiger partial charge is 0.366 e. The number of nitrogens with one attached hydrogen (secondary N) is 1. The molecule has 0 spiro atoms. The number of hydrogen-bond acceptors (Lipinski definition) is 2. The Morgan fingerprint density at radius 2 is 2.06 bits per heavy atom. The van der Waals surface area contributed by atoms with Crippen LogP contribution in [0.1, 0.15) is 21.6 Å². The standard InChI is InChI=1S/C14H13N3O/c1-7-6-11-9-4-3-5-10(13(15)18)12(9)17-14(11)16-8(7)2/h3-6H,1-2H3,(H2,15,18)(H,16,17). The van der Waals surface area contributed by atoms with Crippen LogP contribution in [0.15, 0.2) is 24.3 Å². The van der Waals surface area contributed by atoms with Gasteiger partial charge >= 0.3 is 0 Å². The lowest BCUT2D eigenvalue weighted by Gasteiger charge is -1.98. The molecule has 1 aromatic carbocycles. The number of nitrogens with two attached hydrogens (primary N) is 1. The predicted molar refractivity (Wildman–Crippen MR) is 71.6 cm³/mol. The van der Waals surface area contributed by atoms with Crippen LogP contribution < -0.4 is 5.73 Å². The molecule has 0 unspecified atom stereocenters. The maximum absolute atomic E-state index is 11.4. The molecule has 90 valence electrons. The molecule has 4 nitrogen and oxygen atoms in total. The van der Waals surface area contributed by atoms with Crippen LogP contribution in [0.3, 0.4) is 0 Å². The van der Waals surface area contributed by atoms with Gasteiger partial charge in [-0.15, -0.1) is 0 Å². The highest BCUT2D eigenvalue weighted by atomic mass is 16.1. The molecule has 3 aromatic rings. The van der Waals surface area contributed by atoms with Gasteiger partial charge < -0.3 is 10.7 Å². The summed E-state index contributed by atoms with van der Waals surface area (Å²) in [6.45, 7) is 3.99. The Morgan fingerprint density at radius 1 is 1.28 bits per heavy atom. The van der Waals surface area contributed by atoms with Crippen molar-refractivity contribution < 1.29 is 4.79 Å². The van der Waals surface area contributed by atoms with E-state index >= 15 is 0 Å². The van der Waals surface area contributed by atoms with Crippen molar-refractivity contribution in [2.45, 2.75) is 13.8 Å². The van der Waals surface area contributed by atoms with Crippen LogP contribution in [0.25, 0.3) is 21.9 Å². The van der Waals surface area contributed by atoms with E-state index in [1.165, 1.54) is 0 Å². The average Bonchev–Trinajstić information content (AvgIpc) is 2.67. The van der Waals surface area contributed by atoms with Gasteiger partial charge in [0.05, 0.1) is 11.1 Å². The number of carbonyl (C=O) groups excluding carboxylic acids is 1. The molecule has 18 heavy (non-hydrogen) atoms. The highest BCUT2D eigenvalue weighted by molar-refractivity contribution is 6.14. The normalized spacial score (nSPS) is 11.2. The van der Waals surface area contributed by atoms with Crippen LogP contribution in [0, 0.1) is 13.8 Å². The van der Waals surface area contributed by atoms with Gasteiger partial charge in [0.1, 0.15) is 5.65 Å². The van der Waals surface area contributed by atoms with E-state index in [0.717, 1.165) is 33.2 Å². The summed E-state index contributed by atoms with van der Waals surface area (Å²) in [7, 11) is 0. The van der Waals surface area contributed by atoms with Gasteiger partial charge in [-0.2, -0.15) is 0 Å². The minimum atomic E-state index is -0.430. The van der Waals surface area contributed by atoms with Crippen LogP contribution in [-0.4, -0.2) is 15.9 Å². The summed E-state index contributed by atoms with van der Waals surface area (Å²) >= 11 is 0. The van der Waals surface area contributed by atoms with Crippen LogP contribution >= 0.6 is 0 Å². The summed E-state index contributed by atoms with van der Waals surface area (Å²) in [5.74, 6) is -0.430. The van der Waals surface area contributed by atoms with Gasteiger partial charge in [-0.05, 0) is 31.5 Å². The van der Waals surface area contributed by atoms with E-state index in [-0.39, 0.29) is 0 Å². The molecule has 0 radical (unpaired) electrons. The summed E-state index contributed by atoms with van der Waals surface area (Å²) in [6, 6.07) is 7.61. The number of aryl methyl sites for hydroxylation is 2. The molecule has 1 amide bonds. The number of para-hydroxylation sites is 1. The van der Waals surface area contributed by atoms with Crippen LogP contribution in [0.2, 0.25) is 0 Å². The molecule has 0 aliphatic rings. The zero-order valence-corrected chi connectivity index (χ0v) is 10.2. The monoisotopic (exact) mass is 239 g/mol. The molecule has 0 saturated heterocycles. The molecule has 0 atom stereocenters. The Balaban J connectivity index is 2.51. The molecule has 3 N–H and O–H groups in total. The topological polar surface area (TPSA) is 71.8 Å².